The van der Waals surface area contributed by atoms with Gasteiger partial charge in [-0.1, -0.05) is 37.3 Å². The fourth-order valence-electron chi connectivity index (χ4n) is 1.96. The number of rotatable bonds is 5. The lowest BCUT2D eigenvalue weighted by atomic mass is 9.99. The fraction of sp³-hybridized carbons (Fsp3) is 0.222. The Labute approximate surface area is 145 Å². The van der Waals surface area contributed by atoms with E-state index in [1.807, 2.05) is 13.0 Å². The third-order valence-electron chi connectivity index (χ3n) is 3.15. The summed E-state index contributed by atoms with van der Waals surface area (Å²) in [5, 5.41) is 10.6. The number of benzene rings is 2. The van der Waals surface area contributed by atoms with Crippen molar-refractivity contribution in [3.8, 4) is 0 Å². The van der Waals surface area contributed by atoms with Crippen LogP contribution >= 0.6 is 0 Å². The van der Waals surface area contributed by atoms with Gasteiger partial charge >= 0.3 is 6.09 Å². The van der Waals surface area contributed by atoms with Gasteiger partial charge in [0.2, 0.25) is 0 Å². The van der Waals surface area contributed by atoms with Crippen molar-refractivity contribution >= 4 is 17.6 Å². The van der Waals surface area contributed by atoms with Crippen molar-refractivity contribution in [3.63, 3.8) is 0 Å². The first-order valence-electron chi connectivity index (χ1n) is 7.63. The second-order valence-electron chi connectivity index (χ2n) is 5.12. The number of hydrogen-bond donors (Lipinski definition) is 1. The smallest absolute Gasteiger partial charge is 0.404 e. The molecule has 0 saturated heterocycles. The molecule has 0 bridgehead atoms. The molecule has 0 fully saturated rings. The van der Waals surface area contributed by atoms with E-state index in [-0.39, 0.29) is 11.5 Å². The summed E-state index contributed by atoms with van der Waals surface area (Å²) in [6.07, 6.45) is 0.130. The second-order valence-corrected chi connectivity index (χ2v) is 5.12. The molecule has 2 aromatic rings. The van der Waals surface area contributed by atoms with E-state index in [9.17, 15) is 19.7 Å². The maximum atomic E-state index is 12.2. The molecule has 0 aliphatic heterocycles. The summed E-state index contributed by atoms with van der Waals surface area (Å²) in [6.45, 7) is 4.03. The van der Waals surface area contributed by atoms with Gasteiger partial charge in [0.05, 0.1) is 11.5 Å². The van der Waals surface area contributed by atoms with E-state index < -0.39 is 11.0 Å². The maximum Gasteiger partial charge on any atom is 0.404 e. The zero-order valence-corrected chi connectivity index (χ0v) is 14.1. The van der Waals surface area contributed by atoms with Gasteiger partial charge < -0.3 is 10.5 Å². The Kier molecular flexibility index (Phi) is 7.78. The van der Waals surface area contributed by atoms with Gasteiger partial charge in [0, 0.05) is 23.3 Å². The number of amides is 1. The molecule has 0 saturated carbocycles. The Bertz CT molecular complexity index is 744. The van der Waals surface area contributed by atoms with E-state index in [4.69, 9.17) is 0 Å². The number of carbonyl (C=O) groups is 2. The van der Waals surface area contributed by atoms with Crippen LogP contribution in [0, 0.1) is 17.0 Å². The number of non-ortho nitro benzene ring substituents is 1. The Morgan fingerprint density at radius 2 is 1.80 bits per heavy atom. The Morgan fingerprint density at radius 3 is 2.24 bits per heavy atom. The lowest BCUT2D eigenvalue weighted by molar-refractivity contribution is -0.384. The molecule has 7 nitrogen and oxygen atoms in total. The number of hydrogen-bond acceptors (Lipinski definition) is 5. The summed E-state index contributed by atoms with van der Waals surface area (Å²) in [4.78, 5) is 32.1. The highest BCUT2D eigenvalue weighted by Gasteiger charge is 2.14. The molecule has 0 atom stereocenters. The van der Waals surface area contributed by atoms with Crippen LogP contribution in [0.1, 0.15) is 34.8 Å². The van der Waals surface area contributed by atoms with E-state index in [0.717, 1.165) is 6.42 Å². The van der Waals surface area contributed by atoms with Gasteiger partial charge in [0.25, 0.3) is 5.69 Å². The lowest BCUT2D eigenvalue weighted by Gasteiger charge is -2.04. The number of ether oxygens (including phenoxy) is 1. The SMILES string of the molecule is CCCOC(N)=O.Cc1cc([N+](=O)[O-])ccc1C(=O)c1ccccc1. The quantitative estimate of drug-likeness (QED) is 0.505. The molecule has 2 rings (SSSR count). The average molecular weight is 344 g/mol. The van der Waals surface area contributed by atoms with Crippen LogP contribution in [-0.4, -0.2) is 23.4 Å². The molecule has 0 aromatic heterocycles. The van der Waals surface area contributed by atoms with Crippen molar-refractivity contribution in [2.45, 2.75) is 20.3 Å². The van der Waals surface area contributed by atoms with Gasteiger partial charge in [-0.25, -0.2) is 4.79 Å². The highest BCUT2D eigenvalue weighted by molar-refractivity contribution is 6.09. The first-order valence-corrected chi connectivity index (χ1v) is 7.63. The molecular weight excluding hydrogens is 324 g/mol. The topological polar surface area (TPSA) is 113 Å². The number of nitrogens with two attached hydrogens (primary N) is 1. The third-order valence-corrected chi connectivity index (χ3v) is 3.15. The first-order chi connectivity index (χ1) is 11.9. The molecule has 7 heteroatoms. The third kappa shape index (κ3) is 6.42. The summed E-state index contributed by atoms with van der Waals surface area (Å²) in [6, 6.07) is 13.1. The summed E-state index contributed by atoms with van der Waals surface area (Å²) >= 11 is 0. The van der Waals surface area contributed by atoms with Crippen molar-refractivity contribution in [2.75, 3.05) is 6.61 Å². The van der Waals surface area contributed by atoms with Gasteiger partial charge in [-0.05, 0) is 25.0 Å². The standard InChI is InChI=1S/C14H11NO3.C4H9NO2/c1-10-9-12(15(17)18)7-8-13(10)14(16)11-5-3-2-4-6-11;1-2-3-7-4(5)6/h2-9H,1H3;2-3H2,1H3,(H2,5,6). The number of aryl methyl sites for hydroxylation is 1. The molecule has 0 heterocycles. The fourth-order valence-corrected chi connectivity index (χ4v) is 1.96. The lowest BCUT2D eigenvalue weighted by Crippen LogP contribution is -2.12. The van der Waals surface area contributed by atoms with Gasteiger partial charge in [0.15, 0.2) is 5.78 Å². The molecule has 0 spiro atoms. The number of primary amides is 1. The molecule has 1 amide bonds. The zero-order chi connectivity index (χ0) is 18.8. The van der Waals surface area contributed by atoms with E-state index in [1.165, 1.54) is 18.2 Å². The number of ketones is 1. The highest BCUT2D eigenvalue weighted by atomic mass is 16.6. The van der Waals surface area contributed by atoms with Crippen LogP contribution in [0.4, 0.5) is 10.5 Å². The van der Waals surface area contributed by atoms with Gasteiger partial charge in [-0.2, -0.15) is 0 Å². The van der Waals surface area contributed by atoms with Crippen molar-refractivity contribution < 1.29 is 19.2 Å². The van der Waals surface area contributed by atoms with Crippen LogP contribution in [0.15, 0.2) is 48.5 Å². The van der Waals surface area contributed by atoms with Crippen LogP contribution in [-0.2, 0) is 4.74 Å². The minimum atomic E-state index is -0.693. The molecule has 0 radical (unpaired) electrons. The average Bonchev–Trinajstić information content (AvgIpc) is 2.60. The molecule has 25 heavy (non-hydrogen) atoms. The molecule has 0 unspecified atom stereocenters. The van der Waals surface area contributed by atoms with Crippen LogP contribution in [0.2, 0.25) is 0 Å². The van der Waals surface area contributed by atoms with E-state index >= 15 is 0 Å². The number of carbonyl (C=O) groups excluding carboxylic acids is 2. The Balaban J connectivity index is 0.000000381. The van der Waals surface area contributed by atoms with E-state index in [1.54, 1.807) is 31.2 Å². The largest absolute Gasteiger partial charge is 0.450 e. The zero-order valence-electron chi connectivity index (χ0n) is 14.1. The molecule has 132 valence electrons. The summed E-state index contributed by atoms with van der Waals surface area (Å²) in [5.41, 5.74) is 6.29. The highest BCUT2D eigenvalue weighted by Crippen LogP contribution is 2.19. The van der Waals surface area contributed by atoms with Gasteiger partial charge in [-0.3, -0.25) is 14.9 Å². The normalized spacial score (nSPS) is 9.52. The molecule has 2 N–H and O–H groups in total. The van der Waals surface area contributed by atoms with Crippen molar-refractivity contribution in [2.24, 2.45) is 5.73 Å². The number of nitro benzene ring substituents is 1. The van der Waals surface area contributed by atoms with Crippen molar-refractivity contribution in [1.82, 2.24) is 0 Å². The number of nitro groups is 1. The minimum absolute atomic E-state index is 0.00267. The predicted octanol–water partition coefficient (Wildman–Crippen LogP) is 3.63. The summed E-state index contributed by atoms with van der Waals surface area (Å²) in [5.74, 6) is -0.122. The van der Waals surface area contributed by atoms with Gasteiger partial charge in [0.1, 0.15) is 0 Å². The maximum absolute atomic E-state index is 12.2. The monoisotopic (exact) mass is 344 g/mol. The van der Waals surface area contributed by atoms with Crippen LogP contribution in [0.5, 0.6) is 0 Å². The molecule has 0 aliphatic carbocycles. The Morgan fingerprint density at radius 1 is 1.16 bits per heavy atom. The van der Waals surface area contributed by atoms with Gasteiger partial charge in [-0.15, -0.1) is 0 Å². The van der Waals surface area contributed by atoms with Crippen molar-refractivity contribution in [1.29, 1.82) is 0 Å². The summed E-state index contributed by atoms with van der Waals surface area (Å²) < 4.78 is 4.33. The van der Waals surface area contributed by atoms with Crippen LogP contribution < -0.4 is 5.73 Å². The molecule has 2 aromatic carbocycles. The molecular formula is C18H20N2O5. The molecule has 0 aliphatic rings. The van der Waals surface area contributed by atoms with Crippen molar-refractivity contribution in [3.05, 3.63) is 75.3 Å². The minimum Gasteiger partial charge on any atom is -0.450 e. The van der Waals surface area contributed by atoms with Crippen LogP contribution in [0.3, 0.4) is 0 Å². The predicted molar refractivity (Wildman–Crippen MR) is 93.5 cm³/mol. The van der Waals surface area contributed by atoms with E-state index in [0.29, 0.717) is 23.3 Å². The summed E-state index contributed by atoms with van der Waals surface area (Å²) in [7, 11) is 0. The van der Waals surface area contributed by atoms with E-state index in [2.05, 4.69) is 10.5 Å². The Hall–Kier alpha value is -3.22. The van der Waals surface area contributed by atoms with Crippen LogP contribution in [0.25, 0.3) is 0 Å². The first kappa shape index (κ1) is 19.8. The number of nitrogens with zero attached hydrogens (tertiary/aromatic N) is 1. The second kappa shape index (κ2) is 9.82.